The van der Waals surface area contributed by atoms with Crippen molar-refractivity contribution in [2.75, 3.05) is 14.2 Å². The van der Waals surface area contributed by atoms with Crippen molar-refractivity contribution >= 4 is 24.7 Å². The number of carbonyl (C=O) groups excluding carboxylic acids is 1. The molecule has 6 heteroatoms. The molecular weight excluding hydrogens is 504 g/mol. The van der Waals surface area contributed by atoms with E-state index >= 15 is 0 Å². The maximum absolute atomic E-state index is 11.3. The zero-order valence-electron chi connectivity index (χ0n) is 25.1. The second-order valence-electron chi connectivity index (χ2n) is 11.7. The van der Waals surface area contributed by atoms with Gasteiger partial charge in [-0.3, -0.25) is 0 Å². The van der Waals surface area contributed by atoms with Crippen molar-refractivity contribution < 1.29 is 23.8 Å². The summed E-state index contributed by atoms with van der Waals surface area (Å²) in [5.41, 5.74) is 0. The number of rotatable bonds is 16. The molecule has 0 amide bonds. The molecule has 0 saturated carbocycles. The lowest BCUT2D eigenvalue weighted by Gasteiger charge is -2.45. The van der Waals surface area contributed by atoms with Crippen LogP contribution in [0.3, 0.4) is 0 Å². The summed E-state index contributed by atoms with van der Waals surface area (Å²) in [7, 11) is 0.459. The molecule has 0 saturated heterocycles. The van der Waals surface area contributed by atoms with Crippen LogP contribution in [0.1, 0.15) is 73.1 Å². The fourth-order valence-electron chi connectivity index (χ4n) is 5.57. The molecule has 0 unspecified atom stereocenters. The van der Waals surface area contributed by atoms with Gasteiger partial charge in [-0.05, 0) is 53.4 Å². The van der Waals surface area contributed by atoms with Crippen molar-refractivity contribution in [3.8, 4) is 0 Å². The van der Waals surface area contributed by atoms with Gasteiger partial charge in [-0.2, -0.15) is 0 Å². The lowest BCUT2D eigenvalue weighted by Crippen LogP contribution is -2.67. The van der Waals surface area contributed by atoms with Crippen LogP contribution in [0.5, 0.6) is 0 Å². The van der Waals surface area contributed by atoms with Crippen LogP contribution in [-0.2, 0) is 18.7 Å². The fraction of sp³-hybridized carbons (Fsp3) is 0.545. The number of esters is 1. The summed E-state index contributed by atoms with van der Waals surface area (Å²) in [6, 6.07) is 21.6. The standard InChI is InChI=1S/C33H50O5Si/c1-8-16-28(25-29(36-6)24-26(2)23-27(34)17-15-22-32(35)37-7)38-39(33(3,4)5,30-18-11-9-12-19-30)31-20-13-10-14-21-31/h9-15,18-22,26-29,34H,8,16-17,23-25H2,1-7H3/b22-15+/t26-,27+,28+,29+/m0/s1. The Bertz CT molecular complexity index is 947. The number of benzene rings is 2. The van der Waals surface area contributed by atoms with Gasteiger partial charge in [0.1, 0.15) is 0 Å². The topological polar surface area (TPSA) is 65.0 Å². The quantitative estimate of drug-likeness (QED) is 0.156. The van der Waals surface area contributed by atoms with Gasteiger partial charge in [0.2, 0.25) is 0 Å². The highest BCUT2D eigenvalue weighted by atomic mass is 28.4. The molecule has 0 fully saturated rings. The normalized spacial score (nSPS) is 15.6. The Labute approximate surface area is 237 Å². The van der Waals surface area contributed by atoms with Crippen LogP contribution in [0.4, 0.5) is 0 Å². The summed E-state index contributed by atoms with van der Waals surface area (Å²) in [5, 5.41) is 13.0. The van der Waals surface area contributed by atoms with Gasteiger partial charge in [-0.25, -0.2) is 4.79 Å². The smallest absolute Gasteiger partial charge is 0.330 e. The molecule has 0 heterocycles. The number of methoxy groups -OCH3 is 2. The van der Waals surface area contributed by atoms with Crippen molar-refractivity contribution in [3.63, 3.8) is 0 Å². The molecule has 0 aliphatic heterocycles. The molecular formula is C33H50O5Si. The molecule has 0 bridgehead atoms. The molecule has 2 rings (SSSR count). The summed E-state index contributed by atoms with van der Waals surface area (Å²) in [4.78, 5) is 11.3. The van der Waals surface area contributed by atoms with E-state index in [0.29, 0.717) is 12.8 Å². The lowest BCUT2D eigenvalue weighted by atomic mass is 9.93. The fourth-order valence-corrected chi connectivity index (χ4v) is 10.3. The summed E-state index contributed by atoms with van der Waals surface area (Å²) in [6.45, 7) is 11.3. The van der Waals surface area contributed by atoms with Gasteiger partial charge in [-0.1, -0.05) is 108 Å². The van der Waals surface area contributed by atoms with Crippen LogP contribution in [-0.4, -0.2) is 51.9 Å². The lowest BCUT2D eigenvalue weighted by molar-refractivity contribution is -0.134. The highest BCUT2D eigenvalue weighted by Crippen LogP contribution is 2.38. The van der Waals surface area contributed by atoms with Gasteiger partial charge in [0, 0.05) is 19.3 Å². The van der Waals surface area contributed by atoms with E-state index in [-0.39, 0.29) is 23.2 Å². The minimum absolute atomic E-state index is 0.0209. The number of aliphatic hydroxyl groups is 1. The molecule has 2 aromatic rings. The highest BCUT2D eigenvalue weighted by molar-refractivity contribution is 6.99. The van der Waals surface area contributed by atoms with Crippen LogP contribution in [0, 0.1) is 5.92 Å². The van der Waals surface area contributed by atoms with Crippen LogP contribution in [0.15, 0.2) is 72.8 Å². The van der Waals surface area contributed by atoms with Gasteiger partial charge in [-0.15, -0.1) is 0 Å². The molecule has 39 heavy (non-hydrogen) atoms. The maximum Gasteiger partial charge on any atom is 0.330 e. The third kappa shape index (κ3) is 9.71. The summed E-state index contributed by atoms with van der Waals surface area (Å²) in [5.74, 6) is -0.149. The van der Waals surface area contributed by atoms with Crippen molar-refractivity contribution in [3.05, 3.63) is 72.8 Å². The third-order valence-corrected chi connectivity index (χ3v) is 12.5. The Morgan fingerprint density at radius 3 is 1.95 bits per heavy atom. The van der Waals surface area contributed by atoms with Gasteiger partial charge >= 0.3 is 5.97 Å². The van der Waals surface area contributed by atoms with E-state index in [4.69, 9.17) is 9.16 Å². The Morgan fingerprint density at radius 1 is 0.923 bits per heavy atom. The number of hydrogen-bond acceptors (Lipinski definition) is 5. The van der Waals surface area contributed by atoms with Gasteiger partial charge in [0.25, 0.3) is 8.32 Å². The molecule has 5 nitrogen and oxygen atoms in total. The van der Waals surface area contributed by atoms with Crippen molar-refractivity contribution in [2.24, 2.45) is 5.92 Å². The van der Waals surface area contributed by atoms with Crippen molar-refractivity contribution in [2.45, 2.75) is 96.5 Å². The van der Waals surface area contributed by atoms with E-state index in [9.17, 15) is 9.90 Å². The molecule has 0 aromatic heterocycles. The van der Waals surface area contributed by atoms with Crippen LogP contribution < -0.4 is 10.4 Å². The Kier molecular flexibility index (Phi) is 13.6. The van der Waals surface area contributed by atoms with E-state index in [1.165, 1.54) is 23.6 Å². The largest absolute Gasteiger partial charge is 0.466 e. The maximum atomic E-state index is 11.3. The van der Waals surface area contributed by atoms with Crippen molar-refractivity contribution in [1.29, 1.82) is 0 Å². The number of aliphatic hydroxyl groups excluding tert-OH is 1. The Hall–Kier alpha value is -2.25. The van der Waals surface area contributed by atoms with E-state index in [1.54, 1.807) is 13.2 Å². The number of carbonyl (C=O) groups is 1. The molecule has 0 spiro atoms. The Morgan fingerprint density at radius 2 is 1.49 bits per heavy atom. The SMILES string of the molecule is CCC[C@H](C[C@@H](C[C@@H](C)C[C@H](O)C/C=C/C(=O)OC)OC)O[Si](c1ccccc1)(c1ccccc1)C(C)(C)C. The Balaban J connectivity index is 2.25. The first-order chi connectivity index (χ1) is 18.6. The van der Waals surface area contributed by atoms with Crippen LogP contribution in [0.25, 0.3) is 0 Å². The zero-order valence-corrected chi connectivity index (χ0v) is 26.1. The molecule has 216 valence electrons. The molecule has 0 aliphatic rings. The molecule has 1 N–H and O–H groups in total. The minimum atomic E-state index is -2.66. The first-order valence-corrected chi connectivity index (χ1v) is 16.2. The van der Waals surface area contributed by atoms with E-state index in [1.807, 2.05) is 0 Å². The molecule has 2 aromatic carbocycles. The highest BCUT2D eigenvalue weighted by Gasteiger charge is 2.51. The van der Waals surface area contributed by atoms with Gasteiger partial charge in [0.15, 0.2) is 0 Å². The summed E-state index contributed by atoms with van der Waals surface area (Å²) >= 11 is 0. The first kappa shape index (κ1) is 33.0. The predicted molar refractivity (Wildman–Crippen MR) is 163 cm³/mol. The molecule has 0 radical (unpaired) electrons. The molecule has 4 atom stereocenters. The van der Waals surface area contributed by atoms with Gasteiger partial charge < -0.3 is 19.0 Å². The third-order valence-electron chi connectivity index (χ3n) is 7.43. The molecule has 0 aliphatic carbocycles. The predicted octanol–water partition coefficient (Wildman–Crippen LogP) is 6.03. The van der Waals surface area contributed by atoms with E-state index < -0.39 is 20.4 Å². The zero-order chi connectivity index (χ0) is 28.9. The minimum Gasteiger partial charge on any atom is -0.466 e. The van der Waals surface area contributed by atoms with Crippen molar-refractivity contribution in [1.82, 2.24) is 0 Å². The number of hydrogen-bond donors (Lipinski definition) is 1. The van der Waals surface area contributed by atoms with E-state index in [2.05, 4.69) is 100 Å². The second-order valence-corrected chi connectivity index (χ2v) is 15.9. The second kappa shape index (κ2) is 16.1. The first-order valence-electron chi connectivity index (χ1n) is 14.3. The average Bonchev–Trinajstić information content (AvgIpc) is 2.91. The van der Waals surface area contributed by atoms with Gasteiger partial charge in [0.05, 0.1) is 19.3 Å². The van der Waals surface area contributed by atoms with Crippen LogP contribution in [0.2, 0.25) is 5.04 Å². The summed E-state index contributed by atoms with van der Waals surface area (Å²) < 4.78 is 18.1. The van der Waals surface area contributed by atoms with Crippen LogP contribution >= 0.6 is 0 Å². The average molecular weight is 555 g/mol. The summed E-state index contributed by atoms with van der Waals surface area (Å²) in [6.07, 6.45) is 7.27. The monoisotopic (exact) mass is 554 g/mol. The van der Waals surface area contributed by atoms with E-state index in [0.717, 1.165) is 25.7 Å². The number of ether oxygens (including phenoxy) is 2.